The molecule has 4 aromatic rings. The Labute approximate surface area is 196 Å². The van der Waals surface area contributed by atoms with E-state index >= 15 is 0 Å². The molecule has 7 nitrogen and oxygen atoms in total. The number of hydrogen-bond donors (Lipinski definition) is 3. The van der Waals surface area contributed by atoms with Crippen LogP contribution in [-0.2, 0) is 10.9 Å². The highest BCUT2D eigenvalue weighted by Crippen LogP contribution is 2.34. The van der Waals surface area contributed by atoms with Crippen LogP contribution in [0.5, 0.6) is 0 Å². The molecule has 2 aromatic carbocycles. The van der Waals surface area contributed by atoms with Crippen LogP contribution < -0.4 is 4.90 Å². The first kappa shape index (κ1) is 23.1. The number of nitrogens with one attached hydrogen (secondary N) is 2. The summed E-state index contributed by atoms with van der Waals surface area (Å²) in [4.78, 5) is 24.7. The molecule has 2 aromatic heterocycles. The third kappa shape index (κ3) is 4.17. The number of carbonyl (C=O) groups excluding carboxylic acids is 1. The van der Waals surface area contributed by atoms with Gasteiger partial charge in [-0.15, -0.1) is 0 Å². The molecular formula is C24H20F4N4O3. The van der Waals surface area contributed by atoms with Gasteiger partial charge >= 0.3 is 6.18 Å². The highest BCUT2D eigenvalue weighted by Gasteiger charge is 2.35. The van der Waals surface area contributed by atoms with Crippen LogP contribution in [0.1, 0.15) is 21.5 Å². The molecule has 1 saturated heterocycles. The zero-order valence-corrected chi connectivity index (χ0v) is 18.4. The second-order valence-corrected chi connectivity index (χ2v) is 8.33. The van der Waals surface area contributed by atoms with Crippen molar-refractivity contribution in [1.82, 2.24) is 15.0 Å². The number of aromatic nitrogens is 3. The number of hydrogen-bond acceptors (Lipinski definition) is 5. The van der Waals surface area contributed by atoms with E-state index in [1.807, 2.05) is 0 Å². The van der Waals surface area contributed by atoms with Crippen molar-refractivity contribution < 1.29 is 32.2 Å². The van der Waals surface area contributed by atoms with Crippen LogP contribution in [0.25, 0.3) is 22.6 Å². The molecule has 2 atom stereocenters. The number of aliphatic hydroxyl groups excluding tert-OH is 1. The van der Waals surface area contributed by atoms with E-state index < -0.39 is 35.0 Å². The molecule has 0 radical (unpaired) electrons. The van der Waals surface area contributed by atoms with Crippen molar-refractivity contribution in [2.24, 2.45) is 0 Å². The van der Waals surface area contributed by atoms with Crippen LogP contribution in [-0.4, -0.2) is 58.2 Å². The Bertz CT molecular complexity index is 1410. The first-order valence-corrected chi connectivity index (χ1v) is 10.7. The average molecular weight is 488 g/mol. The van der Waals surface area contributed by atoms with E-state index in [0.29, 0.717) is 23.4 Å². The van der Waals surface area contributed by atoms with Crippen molar-refractivity contribution >= 4 is 22.5 Å². The van der Waals surface area contributed by atoms with E-state index in [1.54, 1.807) is 11.0 Å². The van der Waals surface area contributed by atoms with Crippen molar-refractivity contribution in [2.75, 3.05) is 25.1 Å². The highest BCUT2D eigenvalue weighted by atomic mass is 19.4. The molecule has 182 valence electrons. The number of ketones is 1. The van der Waals surface area contributed by atoms with Gasteiger partial charge in [0, 0.05) is 43.2 Å². The first-order valence-electron chi connectivity index (χ1n) is 10.7. The van der Waals surface area contributed by atoms with Crippen molar-refractivity contribution in [2.45, 2.75) is 18.4 Å². The molecule has 5 rings (SSSR count). The zero-order chi connectivity index (χ0) is 24.9. The fourth-order valence-corrected chi connectivity index (χ4v) is 4.32. The summed E-state index contributed by atoms with van der Waals surface area (Å²) < 4.78 is 60.0. The lowest BCUT2D eigenvalue weighted by atomic mass is 9.99. The van der Waals surface area contributed by atoms with E-state index in [0.717, 1.165) is 12.1 Å². The fourth-order valence-electron chi connectivity index (χ4n) is 4.32. The van der Waals surface area contributed by atoms with Crippen LogP contribution in [0.15, 0.2) is 48.7 Å². The number of aliphatic hydroxyl groups is 1. The number of nitrogens with zero attached hydrogens (tertiary/aromatic N) is 2. The van der Waals surface area contributed by atoms with Gasteiger partial charge in [0.2, 0.25) is 0 Å². The summed E-state index contributed by atoms with van der Waals surface area (Å²) in [5, 5.41) is 10.1. The van der Waals surface area contributed by atoms with Crippen LogP contribution in [0.4, 0.5) is 23.2 Å². The number of halogens is 4. The molecule has 3 N–H and O–H groups in total. The van der Waals surface area contributed by atoms with Gasteiger partial charge in [-0.2, -0.15) is 13.2 Å². The molecule has 0 amide bonds. The minimum atomic E-state index is -4.67. The van der Waals surface area contributed by atoms with Gasteiger partial charge < -0.3 is 24.7 Å². The number of imidazole rings is 1. The Morgan fingerprint density at radius 2 is 1.97 bits per heavy atom. The molecule has 3 heterocycles. The summed E-state index contributed by atoms with van der Waals surface area (Å²) in [6.07, 6.45) is -4.47. The minimum Gasteiger partial charge on any atom is -0.388 e. The Kier molecular flexibility index (Phi) is 5.60. The maximum atomic E-state index is 14.8. The molecule has 0 unspecified atom stereocenters. The van der Waals surface area contributed by atoms with Gasteiger partial charge in [-0.1, -0.05) is 18.2 Å². The number of carbonyl (C=O) groups is 1. The summed E-state index contributed by atoms with van der Waals surface area (Å²) in [7, 11) is 1.50. The fraction of sp³-hybridized carbons (Fsp3) is 0.250. The van der Waals surface area contributed by atoms with Gasteiger partial charge in [-0.3, -0.25) is 4.79 Å². The lowest BCUT2D eigenvalue weighted by Gasteiger charge is -2.18. The Hall–Kier alpha value is -3.70. The third-order valence-electron chi connectivity index (χ3n) is 6.11. The number of alkyl halides is 3. The number of rotatable bonds is 5. The maximum Gasteiger partial charge on any atom is 0.417 e. The highest BCUT2D eigenvalue weighted by molar-refractivity contribution is 6.10. The molecule has 1 aliphatic heterocycles. The normalized spacial score (nSPS) is 18.5. The van der Waals surface area contributed by atoms with Gasteiger partial charge in [0.1, 0.15) is 11.6 Å². The monoisotopic (exact) mass is 488 g/mol. The van der Waals surface area contributed by atoms with Crippen molar-refractivity contribution in [1.29, 1.82) is 0 Å². The molecule has 0 spiro atoms. The van der Waals surface area contributed by atoms with Gasteiger partial charge in [-0.25, -0.2) is 9.37 Å². The van der Waals surface area contributed by atoms with Crippen LogP contribution in [0, 0.1) is 5.82 Å². The van der Waals surface area contributed by atoms with E-state index in [2.05, 4.69) is 15.0 Å². The third-order valence-corrected chi connectivity index (χ3v) is 6.11. The Morgan fingerprint density at radius 1 is 1.20 bits per heavy atom. The van der Waals surface area contributed by atoms with Crippen LogP contribution in [0.2, 0.25) is 0 Å². The van der Waals surface area contributed by atoms with E-state index in [-0.39, 0.29) is 29.6 Å². The van der Waals surface area contributed by atoms with Crippen molar-refractivity contribution in [3.8, 4) is 11.5 Å². The Balaban J connectivity index is 1.45. The average Bonchev–Trinajstić information content (AvgIpc) is 3.55. The summed E-state index contributed by atoms with van der Waals surface area (Å²) in [6, 6.07) is 8.94. The number of aromatic amines is 2. The number of anilines is 1. The van der Waals surface area contributed by atoms with Gasteiger partial charge in [-0.05, 0) is 24.3 Å². The molecule has 0 bridgehead atoms. The van der Waals surface area contributed by atoms with Crippen molar-refractivity contribution in [3.05, 3.63) is 71.2 Å². The van der Waals surface area contributed by atoms with E-state index in [9.17, 15) is 27.5 Å². The predicted molar refractivity (Wildman–Crippen MR) is 120 cm³/mol. The lowest BCUT2D eigenvalue weighted by molar-refractivity contribution is -0.137. The van der Waals surface area contributed by atoms with Crippen molar-refractivity contribution in [3.63, 3.8) is 0 Å². The number of ether oxygens (including phenoxy) is 1. The largest absolute Gasteiger partial charge is 0.417 e. The molecule has 0 saturated carbocycles. The molecule has 35 heavy (non-hydrogen) atoms. The topological polar surface area (TPSA) is 94.2 Å². The minimum absolute atomic E-state index is 0.00924. The zero-order valence-electron chi connectivity index (χ0n) is 18.4. The number of methoxy groups -OCH3 is 1. The molecular weight excluding hydrogens is 468 g/mol. The van der Waals surface area contributed by atoms with Gasteiger partial charge in [0.05, 0.1) is 22.9 Å². The standard InChI is InChI=1S/C24H20F4N4O3/c1-35-20-11-32(10-19(20)33)13-7-16(25)21-17(8-13)30-23(31-21)18-6-12(9-29-18)22(34)14-4-2-3-5-15(14)24(26,27)28/h2-9,19-20,29,33H,10-11H2,1H3,(H,30,31)/t19-,20+/m0/s1. The number of benzene rings is 2. The summed E-state index contributed by atoms with van der Waals surface area (Å²) in [6.45, 7) is 0.678. The van der Waals surface area contributed by atoms with Gasteiger partial charge in [0.25, 0.3) is 0 Å². The van der Waals surface area contributed by atoms with Crippen LogP contribution in [0.3, 0.4) is 0 Å². The lowest BCUT2D eigenvalue weighted by Crippen LogP contribution is -2.25. The van der Waals surface area contributed by atoms with Gasteiger partial charge in [0.15, 0.2) is 17.4 Å². The molecule has 0 aliphatic carbocycles. The predicted octanol–water partition coefficient (Wildman–Crippen LogP) is 4.14. The summed E-state index contributed by atoms with van der Waals surface area (Å²) in [5.41, 5.74) is -0.176. The van der Waals surface area contributed by atoms with E-state index in [4.69, 9.17) is 4.74 Å². The smallest absolute Gasteiger partial charge is 0.388 e. The number of H-pyrrole nitrogens is 2. The van der Waals surface area contributed by atoms with Crippen LogP contribution >= 0.6 is 0 Å². The molecule has 11 heteroatoms. The molecule has 1 aliphatic rings. The maximum absolute atomic E-state index is 14.8. The quantitative estimate of drug-likeness (QED) is 0.290. The number of β-amino-alcohol motifs (C(OH)–C–C–N with tert-alkyl or cyclic N) is 1. The SMILES string of the molecule is CO[C@@H]1CN(c2cc(F)c3nc(-c4cc(C(=O)c5ccccc5C(F)(F)F)c[nH]4)[nH]c3c2)C[C@@H]1O. The first-order chi connectivity index (χ1) is 16.7. The summed E-state index contributed by atoms with van der Waals surface area (Å²) in [5.74, 6) is -1.17. The second-order valence-electron chi connectivity index (χ2n) is 8.33. The second kappa shape index (κ2) is 8.51. The van der Waals surface area contributed by atoms with E-state index in [1.165, 1.54) is 37.6 Å². The summed E-state index contributed by atoms with van der Waals surface area (Å²) >= 11 is 0. The number of fused-ring (bicyclic) bond motifs is 1. The Morgan fingerprint density at radius 3 is 2.69 bits per heavy atom. The molecule has 1 fully saturated rings.